The van der Waals surface area contributed by atoms with E-state index in [4.69, 9.17) is 5.11 Å². The SMILES string of the molecule is C=CC(=O)NCCCC[C@H](NC(=O)O)C(=O)N1CCN(c2cccc(C)n2)CC1. The molecule has 1 saturated heterocycles. The van der Waals surface area contributed by atoms with Gasteiger partial charge in [0.25, 0.3) is 0 Å². The van der Waals surface area contributed by atoms with Crippen molar-refractivity contribution in [1.82, 2.24) is 20.5 Å². The zero-order valence-electron chi connectivity index (χ0n) is 16.8. The molecule has 2 rings (SSSR count). The molecule has 3 N–H and O–H groups in total. The topological polar surface area (TPSA) is 115 Å². The number of rotatable bonds is 9. The summed E-state index contributed by atoms with van der Waals surface area (Å²) in [4.78, 5) is 43.4. The zero-order chi connectivity index (χ0) is 21.2. The van der Waals surface area contributed by atoms with Crippen LogP contribution in [0.4, 0.5) is 10.6 Å². The fourth-order valence-electron chi connectivity index (χ4n) is 3.24. The lowest BCUT2D eigenvalue weighted by atomic mass is 10.1. The Labute approximate surface area is 170 Å². The highest BCUT2D eigenvalue weighted by Crippen LogP contribution is 2.15. The van der Waals surface area contributed by atoms with Crippen LogP contribution in [0.15, 0.2) is 30.9 Å². The molecule has 3 amide bonds. The molecule has 2 heterocycles. The normalized spacial score (nSPS) is 14.8. The van der Waals surface area contributed by atoms with Gasteiger partial charge in [-0.25, -0.2) is 9.78 Å². The van der Waals surface area contributed by atoms with Crippen LogP contribution in [-0.4, -0.2) is 71.7 Å². The highest BCUT2D eigenvalue weighted by molar-refractivity contribution is 5.86. The summed E-state index contributed by atoms with van der Waals surface area (Å²) in [6, 6.07) is 5.06. The third kappa shape index (κ3) is 7.10. The van der Waals surface area contributed by atoms with E-state index in [-0.39, 0.29) is 11.8 Å². The second-order valence-corrected chi connectivity index (χ2v) is 6.94. The lowest BCUT2D eigenvalue weighted by molar-refractivity contribution is -0.133. The Balaban J connectivity index is 1.84. The van der Waals surface area contributed by atoms with Crippen molar-refractivity contribution in [3.8, 4) is 0 Å². The van der Waals surface area contributed by atoms with Gasteiger partial charge < -0.3 is 25.5 Å². The maximum Gasteiger partial charge on any atom is 0.405 e. The molecule has 0 bridgehead atoms. The Morgan fingerprint density at radius 1 is 1.24 bits per heavy atom. The highest BCUT2D eigenvalue weighted by Gasteiger charge is 2.28. The number of amides is 3. The average molecular weight is 403 g/mol. The Morgan fingerprint density at radius 2 is 1.97 bits per heavy atom. The number of anilines is 1. The number of nitrogens with zero attached hydrogens (tertiary/aromatic N) is 3. The number of pyridine rings is 1. The predicted octanol–water partition coefficient (Wildman–Crippen LogP) is 1.15. The van der Waals surface area contributed by atoms with E-state index in [1.807, 2.05) is 25.1 Å². The molecule has 0 aromatic carbocycles. The summed E-state index contributed by atoms with van der Waals surface area (Å²) in [5, 5.41) is 14.1. The summed E-state index contributed by atoms with van der Waals surface area (Å²) in [7, 11) is 0. The van der Waals surface area contributed by atoms with Crippen molar-refractivity contribution in [3.63, 3.8) is 0 Å². The van der Waals surface area contributed by atoms with Gasteiger partial charge in [-0.1, -0.05) is 12.6 Å². The van der Waals surface area contributed by atoms with Crippen molar-refractivity contribution in [2.24, 2.45) is 0 Å². The summed E-state index contributed by atoms with van der Waals surface area (Å²) >= 11 is 0. The van der Waals surface area contributed by atoms with E-state index in [0.29, 0.717) is 52.0 Å². The predicted molar refractivity (Wildman–Crippen MR) is 110 cm³/mol. The van der Waals surface area contributed by atoms with Gasteiger partial charge in [-0.2, -0.15) is 0 Å². The van der Waals surface area contributed by atoms with Crippen LogP contribution >= 0.6 is 0 Å². The first kappa shape index (κ1) is 22.2. The standard InChI is InChI=1S/C20H29N5O4/c1-3-18(26)21-10-5-4-8-16(23-20(28)29)19(27)25-13-11-24(12-14-25)17-9-6-7-15(2)22-17/h3,6-7,9,16,23H,1,4-5,8,10-14H2,2H3,(H,21,26)(H,28,29)/t16-/m0/s1. The van der Waals surface area contributed by atoms with Crippen LogP contribution in [0.2, 0.25) is 0 Å². The molecule has 0 aliphatic carbocycles. The largest absolute Gasteiger partial charge is 0.465 e. The summed E-state index contributed by atoms with van der Waals surface area (Å²) in [6.07, 6.45) is 1.63. The summed E-state index contributed by atoms with van der Waals surface area (Å²) < 4.78 is 0. The Hall–Kier alpha value is -3.10. The number of carbonyl (C=O) groups excluding carboxylic acids is 2. The molecule has 1 aromatic rings. The van der Waals surface area contributed by atoms with Crippen molar-refractivity contribution in [3.05, 3.63) is 36.5 Å². The van der Waals surface area contributed by atoms with E-state index in [9.17, 15) is 14.4 Å². The summed E-state index contributed by atoms with van der Waals surface area (Å²) in [5.74, 6) is 0.431. The number of nitrogens with one attached hydrogen (secondary N) is 2. The molecule has 1 aliphatic rings. The molecule has 158 valence electrons. The Kier molecular flexibility index (Phi) is 8.45. The summed E-state index contributed by atoms with van der Waals surface area (Å²) in [6.45, 7) is 8.11. The first-order valence-corrected chi connectivity index (χ1v) is 9.78. The maximum atomic E-state index is 12.8. The molecule has 0 radical (unpaired) electrons. The van der Waals surface area contributed by atoms with E-state index in [2.05, 4.69) is 27.1 Å². The van der Waals surface area contributed by atoms with Crippen LogP contribution < -0.4 is 15.5 Å². The van der Waals surface area contributed by atoms with Crippen LogP contribution in [0.25, 0.3) is 0 Å². The third-order valence-electron chi connectivity index (χ3n) is 4.79. The van der Waals surface area contributed by atoms with Crippen LogP contribution in [-0.2, 0) is 9.59 Å². The van der Waals surface area contributed by atoms with Gasteiger partial charge in [-0.05, 0) is 44.4 Å². The van der Waals surface area contributed by atoms with Crippen LogP contribution in [0.3, 0.4) is 0 Å². The van der Waals surface area contributed by atoms with Crippen LogP contribution in [0, 0.1) is 6.92 Å². The van der Waals surface area contributed by atoms with Gasteiger partial charge in [-0.3, -0.25) is 9.59 Å². The number of unbranched alkanes of at least 4 members (excludes halogenated alkanes) is 1. The zero-order valence-corrected chi connectivity index (χ0v) is 16.8. The monoisotopic (exact) mass is 403 g/mol. The molecule has 1 aliphatic heterocycles. The van der Waals surface area contributed by atoms with Crippen molar-refractivity contribution in [1.29, 1.82) is 0 Å². The van der Waals surface area contributed by atoms with E-state index in [0.717, 1.165) is 11.5 Å². The number of piperazine rings is 1. The number of aromatic nitrogens is 1. The molecular formula is C20H29N5O4. The molecule has 1 atom stereocenters. The van der Waals surface area contributed by atoms with Gasteiger partial charge in [0.15, 0.2) is 0 Å². The first-order chi connectivity index (χ1) is 13.9. The number of carbonyl (C=O) groups is 3. The van der Waals surface area contributed by atoms with Gasteiger partial charge in [0.05, 0.1) is 0 Å². The van der Waals surface area contributed by atoms with E-state index in [1.165, 1.54) is 6.08 Å². The highest BCUT2D eigenvalue weighted by atomic mass is 16.4. The number of hydrogen-bond acceptors (Lipinski definition) is 5. The molecule has 9 heteroatoms. The van der Waals surface area contributed by atoms with Crippen molar-refractivity contribution in [2.75, 3.05) is 37.6 Å². The van der Waals surface area contributed by atoms with E-state index >= 15 is 0 Å². The third-order valence-corrected chi connectivity index (χ3v) is 4.79. The second-order valence-electron chi connectivity index (χ2n) is 6.94. The fraction of sp³-hybridized carbons (Fsp3) is 0.500. The minimum absolute atomic E-state index is 0.209. The molecule has 1 aromatic heterocycles. The smallest absolute Gasteiger partial charge is 0.405 e. The molecule has 0 saturated carbocycles. The van der Waals surface area contributed by atoms with Crippen molar-refractivity contribution < 1.29 is 19.5 Å². The van der Waals surface area contributed by atoms with Crippen molar-refractivity contribution >= 4 is 23.7 Å². The Bertz CT molecular complexity index is 731. The molecule has 0 spiro atoms. The van der Waals surface area contributed by atoms with Crippen LogP contribution in [0.5, 0.6) is 0 Å². The number of hydrogen-bond donors (Lipinski definition) is 3. The van der Waals surface area contributed by atoms with Gasteiger partial charge >= 0.3 is 6.09 Å². The number of aryl methyl sites for hydroxylation is 1. The lowest BCUT2D eigenvalue weighted by Crippen LogP contribution is -2.55. The molecule has 0 unspecified atom stereocenters. The van der Waals surface area contributed by atoms with Crippen molar-refractivity contribution in [2.45, 2.75) is 32.2 Å². The van der Waals surface area contributed by atoms with E-state index < -0.39 is 12.1 Å². The minimum Gasteiger partial charge on any atom is -0.465 e. The fourth-order valence-corrected chi connectivity index (χ4v) is 3.24. The average Bonchev–Trinajstić information content (AvgIpc) is 2.71. The van der Waals surface area contributed by atoms with Crippen LogP contribution in [0.1, 0.15) is 25.0 Å². The first-order valence-electron chi connectivity index (χ1n) is 9.78. The molecule has 1 fully saturated rings. The lowest BCUT2D eigenvalue weighted by Gasteiger charge is -2.37. The minimum atomic E-state index is -1.22. The van der Waals surface area contributed by atoms with Gasteiger partial charge in [-0.15, -0.1) is 0 Å². The van der Waals surface area contributed by atoms with E-state index in [1.54, 1.807) is 4.90 Å². The van der Waals surface area contributed by atoms with Gasteiger partial charge in [0.2, 0.25) is 11.8 Å². The second kappa shape index (κ2) is 11.0. The summed E-state index contributed by atoms with van der Waals surface area (Å²) in [5.41, 5.74) is 0.941. The van der Waals surface area contributed by atoms with Gasteiger partial charge in [0, 0.05) is 38.4 Å². The maximum absolute atomic E-state index is 12.8. The molecule has 9 nitrogen and oxygen atoms in total. The molecular weight excluding hydrogens is 374 g/mol. The molecule has 29 heavy (non-hydrogen) atoms. The van der Waals surface area contributed by atoms with Gasteiger partial charge in [0.1, 0.15) is 11.9 Å². The Morgan fingerprint density at radius 3 is 2.59 bits per heavy atom. The quantitative estimate of drug-likeness (QED) is 0.421. The number of carboxylic acid groups (broad SMARTS) is 1.